The molecule has 1 aromatic rings. The van der Waals surface area contributed by atoms with Crippen LogP contribution >= 0.6 is 11.3 Å². The van der Waals surface area contributed by atoms with Gasteiger partial charge in [-0.25, -0.2) is 4.98 Å². The smallest absolute Gasteiger partial charge is 0.113 e. The number of nitrogens with one attached hydrogen (secondary N) is 1. The summed E-state index contributed by atoms with van der Waals surface area (Å²) in [5.41, 5.74) is 1.24. The summed E-state index contributed by atoms with van der Waals surface area (Å²) < 4.78 is 6.08. The summed E-state index contributed by atoms with van der Waals surface area (Å²) in [6.45, 7) is 9.77. The first kappa shape index (κ1) is 15.4. The van der Waals surface area contributed by atoms with Crippen LogP contribution in [0.25, 0.3) is 0 Å². The van der Waals surface area contributed by atoms with Crippen LogP contribution in [0.1, 0.15) is 76.4 Å². The average molecular weight is 308 g/mol. The Labute approximate surface area is 132 Å². The van der Waals surface area contributed by atoms with E-state index < -0.39 is 0 Å². The molecule has 2 atom stereocenters. The van der Waals surface area contributed by atoms with Crippen molar-refractivity contribution in [2.45, 2.75) is 82.9 Å². The van der Waals surface area contributed by atoms with Gasteiger partial charge in [-0.1, -0.05) is 20.8 Å². The summed E-state index contributed by atoms with van der Waals surface area (Å²) in [5, 5.41) is 7.46. The molecule has 1 aliphatic heterocycles. The van der Waals surface area contributed by atoms with Crippen molar-refractivity contribution in [2.75, 3.05) is 6.61 Å². The van der Waals surface area contributed by atoms with Crippen molar-refractivity contribution in [1.29, 1.82) is 0 Å². The lowest BCUT2D eigenvalue weighted by Gasteiger charge is -2.46. The molecular weight excluding hydrogens is 280 g/mol. The standard InChI is InChI=1S/C17H28N2OS/c1-5-16(4)11-17(8-9-20-16,19-13-6-7-13)15-18-14(10-21-15)12(2)3/h10,12-13,19H,5-9,11H2,1-4H3. The van der Waals surface area contributed by atoms with Crippen molar-refractivity contribution < 1.29 is 4.74 Å². The highest BCUT2D eigenvalue weighted by molar-refractivity contribution is 7.09. The third-order valence-corrected chi connectivity index (χ3v) is 6.05. The third-order valence-electron chi connectivity index (χ3n) is 4.98. The molecular formula is C17H28N2OS. The zero-order chi connectivity index (χ0) is 15.1. The second-order valence-corrected chi connectivity index (χ2v) is 8.17. The van der Waals surface area contributed by atoms with Gasteiger partial charge in [0.05, 0.1) is 16.8 Å². The lowest BCUT2D eigenvalue weighted by molar-refractivity contribution is -0.104. The SMILES string of the molecule is CCC1(C)CC(NC2CC2)(c2nc(C(C)C)cs2)CCO1. The van der Waals surface area contributed by atoms with E-state index in [4.69, 9.17) is 9.72 Å². The van der Waals surface area contributed by atoms with Gasteiger partial charge in [0.15, 0.2) is 0 Å². The predicted octanol–water partition coefficient (Wildman–Crippen LogP) is 4.19. The lowest BCUT2D eigenvalue weighted by atomic mass is 9.79. The predicted molar refractivity (Wildman–Crippen MR) is 87.9 cm³/mol. The minimum absolute atomic E-state index is 0.0240. The van der Waals surface area contributed by atoms with Crippen LogP contribution in [-0.2, 0) is 10.3 Å². The Morgan fingerprint density at radius 1 is 1.48 bits per heavy atom. The summed E-state index contributed by atoms with van der Waals surface area (Å²) in [6, 6.07) is 0.690. The van der Waals surface area contributed by atoms with E-state index in [1.165, 1.54) is 23.5 Å². The Morgan fingerprint density at radius 2 is 2.24 bits per heavy atom. The number of thiazole rings is 1. The van der Waals surface area contributed by atoms with Crippen molar-refractivity contribution in [3.63, 3.8) is 0 Å². The first-order chi connectivity index (χ1) is 9.96. The largest absolute Gasteiger partial charge is 0.375 e. The Balaban J connectivity index is 1.91. The van der Waals surface area contributed by atoms with E-state index in [2.05, 4.69) is 38.4 Å². The molecule has 2 aliphatic rings. The number of aromatic nitrogens is 1. The number of nitrogens with zero attached hydrogens (tertiary/aromatic N) is 1. The molecule has 1 aliphatic carbocycles. The number of hydrogen-bond acceptors (Lipinski definition) is 4. The minimum atomic E-state index is -0.0240. The maximum atomic E-state index is 6.08. The average Bonchev–Trinajstić information content (AvgIpc) is 3.09. The molecule has 3 nitrogen and oxygen atoms in total. The van der Waals surface area contributed by atoms with E-state index in [-0.39, 0.29) is 11.1 Å². The molecule has 2 unspecified atom stereocenters. The zero-order valence-corrected chi connectivity index (χ0v) is 14.6. The van der Waals surface area contributed by atoms with Gasteiger partial charge < -0.3 is 10.1 Å². The monoisotopic (exact) mass is 308 g/mol. The number of rotatable bonds is 5. The molecule has 2 fully saturated rings. The maximum absolute atomic E-state index is 6.08. The summed E-state index contributed by atoms with van der Waals surface area (Å²) in [4.78, 5) is 4.99. The molecule has 4 heteroatoms. The maximum Gasteiger partial charge on any atom is 0.113 e. The van der Waals surface area contributed by atoms with Crippen molar-refractivity contribution >= 4 is 11.3 Å². The highest BCUT2D eigenvalue weighted by atomic mass is 32.1. The molecule has 1 saturated carbocycles. The van der Waals surface area contributed by atoms with E-state index in [0.717, 1.165) is 25.9 Å². The number of ether oxygens (including phenoxy) is 1. The topological polar surface area (TPSA) is 34.2 Å². The Kier molecular flexibility index (Phi) is 4.15. The van der Waals surface area contributed by atoms with Crippen molar-refractivity contribution in [1.82, 2.24) is 10.3 Å². The molecule has 118 valence electrons. The van der Waals surface area contributed by atoms with E-state index >= 15 is 0 Å². The molecule has 0 aromatic carbocycles. The molecule has 1 saturated heterocycles. The van der Waals surface area contributed by atoms with Crippen LogP contribution < -0.4 is 5.32 Å². The van der Waals surface area contributed by atoms with Crippen LogP contribution in [-0.4, -0.2) is 23.2 Å². The molecule has 1 aromatic heterocycles. The fourth-order valence-electron chi connectivity index (χ4n) is 3.23. The fourth-order valence-corrected chi connectivity index (χ4v) is 4.41. The van der Waals surface area contributed by atoms with E-state index in [9.17, 15) is 0 Å². The molecule has 1 N–H and O–H groups in total. The van der Waals surface area contributed by atoms with Gasteiger partial charge in [-0.05, 0) is 38.5 Å². The van der Waals surface area contributed by atoms with Gasteiger partial charge >= 0.3 is 0 Å². The van der Waals surface area contributed by atoms with Gasteiger partial charge in [0.1, 0.15) is 5.01 Å². The van der Waals surface area contributed by atoms with Gasteiger partial charge in [-0.3, -0.25) is 0 Å². The summed E-state index contributed by atoms with van der Waals surface area (Å²) in [6.07, 6.45) is 5.77. The van der Waals surface area contributed by atoms with E-state index in [1.54, 1.807) is 0 Å². The normalized spacial score (nSPS) is 33.6. The highest BCUT2D eigenvalue weighted by Gasteiger charge is 2.47. The summed E-state index contributed by atoms with van der Waals surface area (Å²) in [7, 11) is 0. The quantitative estimate of drug-likeness (QED) is 0.885. The lowest BCUT2D eigenvalue weighted by Crippen LogP contribution is -2.54. The van der Waals surface area contributed by atoms with Crippen LogP contribution in [0.2, 0.25) is 0 Å². The van der Waals surface area contributed by atoms with Crippen LogP contribution in [0.3, 0.4) is 0 Å². The second kappa shape index (κ2) is 5.64. The van der Waals surface area contributed by atoms with Gasteiger partial charge in [0.25, 0.3) is 0 Å². The fraction of sp³-hybridized carbons (Fsp3) is 0.824. The third kappa shape index (κ3) is 3.17. The Morgan fingerprint density at radius 3 is 2.81 bits per heavy atom. The Bertz CT molecular complexity index is 497. The Hall–Kier alpha value is -0.450. The van der Waals surface area contributed by atoms with E-state index in [1.807, 2.05) is 11.3 Å². The first-order valence-electron chi connectivity index (χ1n) is 8.34. The highest BCUT2D eigenvalue weighted by Crippen LogP contribution is 2.44. The molecule has 21 heavy (non-hydrogen) atoms. The minimum Gasteiger partial charge on any atom is -0.375 e. The summed E-state index contributed by atoms with van der Waals surface area (Å²) >= 11 is 1.84. The summed E-state index contributed by atoms with van der Waals surface area (Å²) in [5.74, 6) is 0.505. The van der Waals surface area contributed by atoms with Crippen molar-refractivity contribution in [2.24, 2.45) is 0 Å². The first-order valence-corrected chi connectivity index (χ1v) is 9.22. The second-order valence-electron chi connectivity index (χ2n) is 7.31. The molecule has 3 rings (SSSR count). The van der Waals surface area contributed by atoms with Crippen LogP contribution in [0.5, 0.6) is 0 Å². The van der Waals surface area contributed by atoms with Gasteiger partial charge in [-0.2, -0.15) is 0 Å². The molecule has 2 heterocycles. The molecule has 0 bridgehead atoms. The molecule has 0 spiro atoms. The van der Waals surface area contributed by atoms with Crippen molar-refractivity contribution in [3.05, 3.63) is 16.1 Å². The van der Waals surface area contributed by atoms with Crippen LogP contribution in [0, 0.1) is 0 Å². The van der Waals surface area contributed by atoms with Gasteiger partial charge in [0, 0.05) is 24.4 Å². The zero-order valence-electron chi connectivity index (χ0n) is 13.7. The number of hydrogen-bond donors (Lipinski definition) is 1. The molecule has 0 radical (unpaired) electrons. The van der Waals surface area contributed by atoms with Crippen molar-refractivity contribution in [3.8, 4) is 0 Å². The van der Waals surface area contributed by atoms with Crippen LogP contribution in [0.15, 0.2) is 5.38 Å². The van der Waals surface area contributed by atoms with Gasteiger partial charge in [0.2, 0.25) is 0 Å². The van der Waals surface area contributed by atoms with E-state index in [0.29, 0.717) is 12.0 Å². The molecule has 0 amide bonds. The van der Waals surface area contributed by atoms with Crippen LogP contribution in [0.4, 0.5) is 0 Å². The van der Waals surface area contributed by atoms with Gasteiger partial charge in [-0.15, -0.1) is 11.3 Å².